The minimum absolute atomic E-state index is 0.274. The molecular weight excluding hydrogens is 238 g/mol. The summed E-state index contributed by atoms with van der Waals surface area (Å²) in [6.45, 7) is 1.51. The molecule has 17 heavy (non-hydrogen) atoms. The van der Waals surface area contributed by atoms with Crippen molar-refractivity contribution in [2.75, 3.05) is 26.4 Å². The van der Waals surface area contributed by atoms with E-state index in [1.54, 1.807) is 0 Å². The third-order valence-corrected chi connectivity index (χ3v) is 3.40. The Bertz CT molecular complexity index is 440. The van der Waals surface area contributed by atoms with E-state index in [4.69, 9.17) is 0 Å². The van der Waals surface area contributed by atoms with Crippen LogP contribution in [0.5, 0.6) is 0 Å². The summed E-state index contributed by atoms with van der Waals surface area (Å²) in [5, 5.41) is 0. The second-order valence-electron chi connectivity index (χ2n) is 4.92. The van der Waals surface area contributed by atoms with Crippen molar-refractivity contribution in [1.29, 1.82) is 0 Å². The molecule has 0 fully saturated rings. The maximum atomic E-state index is 10.5. The molecule has 5 heteroatoms. The van der Waals surface area contributed by atoms with Gasteiger partial charge in [0.05, 0.1) is 30.8 Å². The van der Waals surface area contributed by atoms with Crippen LogP contribution in [0.1, 0.15) is 12.0 Å². The van der Waals surface area contributed by atoms with Gasteiger partial charge in [0.25, 0.3) is 0 Å². The van der Waals surface area contributed by atoms with Gasteiger partial charge in [-0.25, -0.2) is 8.42 Å². The summed E-state index contributed by atoms with van der Waals surface area (Å²) in [6, 6.07) is 10.0. The molecule has 0 radical (unpaired) electrons. The van der Waals surface area contributed by atoms with E-state index in [9.17, 15) is 13.0 Å². The zero-order chi connectivity index (χ0) is 12.9. The fourth-order valence-corrected chi connectivity index (χ4v) is 2.31. The lowest BCUT2D eigenvalue weighted by Gasteiger charge is -2.30. The van der Waals surface area contributed by atoms with Crippen molar-refractivity contribution in [3.63, 3.8) is 0 Å². The first-order chi connectivity index (χ1) is 7.79. The van der Waals surface area contributed by atoms with Gasteiger partial charge in [0.1, 0.15) is 6.54 Å². The number of hydrogen-bond acceptors (Lipinski definition) is 3. The molecule has 1 aromatic rings. The highest BCUT2D eigenvalue weighted by Crippen LogP contribution is 2.10. The van der Waals surface area contributed by atoms with E-state index in [-0.39, 0.29) is 5.75 Å². The van der Waals surface area contributed by atoms with Crippen LogP contribution in [-0.4, -0.2) is 43.8 Å². The first-order valence-electron chi connectivity index (χ1n) is 5.58. The van der Waals surface area contributed by atoms with Crippen LogP contribution in [0, 0.1) is 0 Å². The highest BCUT2D eigenvalue weighted by molar-refractivity contribution is 7.85. The topological polar surface area (TPSA) is 57.2 Å². The van der Waals surface area contributed by atoms with Crippen LogP contribution in [0.4, 0.5) is 0 Å². The van der Waals surface area contributed by atoms with Crippen LogP contribution in [0.2, 0.25) is 0 Å². The lowest BCUT2D eigenvalue weighted by molar-refractivity contribution is -0.903. The minimum atomic E-state index is -4.08. The Morgan fingerprint density at radius 2 is 1.76 bits per heavy atom. The molecule has 96 valence electrons. The summed E-state index contributed by atoms with van der Waals surface area (Å²) >= 11 is 0. The summed E-state index contributed by atoms with van der Waals surface area (Å²) in [4.78, 5) is 0. The largest absolute Gasteiger partial charge is 0.748 e. The van der Waals surface area contributed by atoms with E-state index in [0.29, 0.717) is 17.4 Å². The average molecular weight is 257 g/mol. The maximum Gasteiger partial charge on any atom is 0.104 e. The number of hydrogen-bond donors (Lipinski definition) is 0. The van der Waals surface area contributed by atoms with Crippen LogP contribution < -0.4 is 0 Å². The molecule has 0 spiro atoms. The number of rotatable bonds is 6. The highest BCUT2D eigenvalue weighted by atomic mass is 32.2. The third-order valence-electron chi connectivity index (χ3n) is 2.61. The van der Waals surface area contributed by atoms with E-state index >= 15 is 0 Å². The van der Waals surface area contributed by atoms with Gasteiger partial charge in [0.15, 0.2) is 0 Å². The molecule has 1 aromatic carbocycles. The summed E-state index contributed by atoms with van der Waals surface area (Å²) in [6.07, 6.45) is 0.408. The van der Waals surface area contributed by atoms with Crippen LogP contribution >= 0.6 is 0 Å². The molecule has 1 rings (SSSR count). The monoisotopic (exact) mass is 257 g/mol. The average Bonchev–Trinajstić information content (AvgIpc) is 2.15. The van der Waals surface area contributed by atoms with Gasteiger partial charge in [-0.1, -0.05) is 30.3 Å². The molecule has 0 unspecified atom stereocenters. The summed E-state index contributed by atoms with van der Waals surface area (Å²) in [5.41, 5.74) is 1.21. The molecule has 0 bridgehead atoms. The molecule has 4 nitrogen and oxygen atoms in total. The standard InChI is InChI=1S/C12H19NO3S/c1-13(2,9-6-10-17(14,15)16)11-12-7-4-3-5-8-12/h3-5,7-8H,6,9-11H2,1-2H3. The Balaban J connectivity index is 2.46. The zero-order valence-electron chi connectivity index (χ0n) is 10.3. The molecule has 0 heterocycles. The summed E-state index contributed by atoms with van der Waals surface area (Å²) in [5.74, 6) is -0.274. The van der Waals surface area contributed by atoms with Crippen molar-refractivity contribution in [3.8, 4) is 0 Å². The SMILES string of the molecule is C[N+](C)(CCCS(=O)(=O)[O-])Cc1ccccc1. The predicted molar refractivity (Wildman–Crippen MR) is 66.3 cm³/mol. The molecular formula is C12H19NO3S. The first kappa shape index (κ1) is 14.2. The lowest BCUT2D eigenvalue weighted by atomic mass is 10.2. The van der Waals surface area contributed by atoms with Crippen LogP contribution in [-0.2, 0) is 16.7 Å². The van der Waals surface area contributed by atoms with Crippen molar-refractivity contribution < 1.29 is 17.5 Å². The van der Waals surface area contributed by atoms with E-state index in [1.165, 1.54) is 5.56 Å². The number of nitrogens with zero attached hydrogens (tertiary/aromatic N) is 1. The maximum absolute atomic E-state index is 10.5. The molecule has 0 aliphatic heterocycles. The molecule has 0 saturated heterocycles. The van der Waals surface area contributed by atoms with Gasteiger partial charge in [0, 0.05) is 17.7 Å². The first-order valence-corrected chi connectivity index (χ1v) is 7.16. The molecule has 0 amide bonds. The smallest absolute Gasteiger partial charge is 0.104 e. The van der Waals surface area contributed by atoms with Gasteiger partial charge < -0.3 is 9.04 Å². The fraction of sp³-hybridized carbons (Fsp3) is 0.500. The van der Waals surface area contributed by atoms with Crippen molar-refractivity contribution >= 4 is 10.1 Å². The normalized spacial score (nSPS) is 12.6. The minimum Gasteiger partial charge on any atom is -0.748 e. The van der Waals surface area contributed by atoms with E-state index in [0.717, 1.165) is 6.54 Å². The number of benzene rings is 1. The Kier molecular flexibility index (Phi) is 4.68. The Morgan fingerprint density at radius 1 is 1.18 bits per heavy atom. The lowest BCUT2D eigenvalue weighted by Crippen LogP contribution is -2.40. The number of quaternary nitrogens is 1. The highest BCUT2D eigenvalue weighted by Gasteiger charge is 2.15. The van der Waals surface area contributed by atoms with E-state index < -0.39 is 10.1 Å². The van der Waals surface area contributed by atoms with Crippen molar-refractivity contribution in [3.05, 3.63) is 35.9 Å². The predicted octanol–water partition coefficient (Wildman–Crippen LogP) is 1.20. The second-order valence-corrected chi connectivity index (χ2v) is 6.44. The van der Waals surface area contributed by atoms with Crippen LogP contribution in [0.15, 0.2) is 30.3 Å². The van der Waals surface area contributed by atoms with Crippen molar-refractivity contribution in [2.45, 2.75) is 13.0 Å². The quantitative estimate of drug-likeness (QED) is 0.568. The van der Waals surface area contributed by atoms with Gasteiger partial charge in [-0.15, -0.1) is 0 Å². The van der Waals surface area contributed by atoms with Crippen molar-refractivity contribution in [2.24, 2.45) is 0 Å². The Morgan fingerprint density at radius 3 is 2.29 bits per heavy atom. The Hall–Kier alpha value is -0.910. The molecule has 0 N–H and O–H groups in total. The molecule has 0 aliphatic rings. The molecule has 0 saturated carbocycles. The van der Waals surface area contributed by atoms with Gasteiger partial charge >= 0.3 is 0 Å². The van der Waals surface area contributed by atoms with Gasteiger partial charge in [-0.2, -0.15) is 0 Å². The molecule has 0 atom stereocenters. The van der Waals surface area contributed by atoms with E-state index in [2.05, 4.69) is 0 Å². The van der Waals surface area contributed by atoms with Gasteiger partial charge in [-0.3, -0.25) is 0 Å². The van der Waals surface area contributed by atoms with Gasteiger partial charge in [-0.05, 0) is 0 Å². The molecule has 0 aliphatic carbocycles. The van der Waals surface area contributed by atoms with Gasteiger partial charge in [0.2, 0.25) is 0 Å². The Labute approximate surface area is 103 Å². The third kappa shape index (κ3) is 6.41. The van der Waals surface area contributed by atoms with Crippen LogP contribution in [0.3, 0.4) is 0 Å². The summed E-state index contributed by atoms with van der Waals surface area (Å²) < 4.78 is 32.2. The second kappa shape index (κ2) is 5.62. The fourth-order valence-electron chi connectivity index (χ4n) is 1.83. The zero-order valence-corrected chi connectivity index (χ0v) is 11.1. The van der Waals surface area contributed by atoms with Crippen molar-refractivity contribution in [1.82, 2.24) is 0 Å². The molecule has 0 aromatic heterocycles. The van der Waals surface area contributed by atoms with Crippen LogP contribution in [0.25, 0.3) is 0 Å². The summed E-state index contributed by atoms with van der Waals surface area (Å²) in [7, 11) is -0.0151. The van der Waals surface area contributed by atoms with E-state index in [1.807, 2.05) is 44.4 Å².